The van der Waals surface area contributed by atoms with E-state index in [9.17, 15) is 41.6 Å². The second kappa shape index (κ2) is 11.1. The predicted octanol–water partition coefficient (Wildman–Crippen LogP) is 5.43. The molecule has 224 valence electrons. The number of nitriles is 1. The molecular weight excluding hydrogens is 611 g/mol. The Morgan fingerprint density at radius 2 is 1.80 bits per heavy atom. The monoisotopic (exact) mass is 628 g/mol. The predicted molar refractivity (Wildman–Crippen MR) is 148 cm³/mol. The molecule has 0 spiro atoms. The van der Waals surface area contributed by atoms with Crippen LogP contribution in [0.1, 0.15) is 43.0 Å². The van der Waals surface area contributed by atoms with Crippen molar-refractivity contribution in [3.05, 3.63) is 115 Å². The first kappa shape index (κ1) is 30.2. The van der Waals surface area contributed by atoms with Crippen LogP contribution in [0.15, 0.2) is 59.7 Å². The fourth-order valence-electron chi connectivity index (χ4n) is 4.80. The van der Waals surface area contributed by atoms with Crippen LogP contribution in [0.4, 0.5) is 27.6 Å². The molecule has 5 rings (SSSR count). The smallest absolute Gasteiger partial charge is 0.321 e. The molecule has 1 N–H and O–H groups in total. The summed E-state index contributed by atoms with van der Waals surface area (Å²) in [6, 6.07) is 7.09. The molecule has 0 bridgehead atoms. The van der Waals surface area contributed by atoms with Gasteiger partial charge in [-0.3, -0.25) is 23.4 Å². The van der Waals surface area contributed by atoms with Crippen molar-refractivity contribution in [2.75, 3.05) is 5.32 Å². The Kier molecular flexibility index (Phi) is 7.60. The van der Waals surface area contributed by atoms with Crippen LogP contribution >= 0.6 is 11.6 Å². The van der Waals surface area contributed by atoms with Crippen molar-refractivity contribution in [3.8, 4) is 6.07 Å². The number of imidazole rings is 1. The molecule has 0 aliphatic heterocycles. The van der Waals surface area contributed by atoms with Crippen molar-refractivity contribution in [3.63, 3.8) is 0 Å². The molecule has 0 aliphatic rings. The zero-order valence-electron chi connectivity index (χ0n) is 22.6. The summed E-state index contributed by atoms with van der Waals surface area (Å²) < 4.78 is 72.1. The van der Waals surface area contributed by atoms with E-state index in [2.05, 4.69) is 10.4 Å². The van der Waals surface area contributed by atoms with Gasteiger partial charge in [0.25, 0.3) is 5.91 Å². The fourth-order valence-corrected chi connectivity index (χ4v) is 5.00. The van der Waals surface area contributed by atoms with Gasteiger partial charge in [0, 0.05) is 37.0 Å². The van der Waals surface area contributed by atoms with E-state index in [0.29, 0.717) is 17.7 Å². The van der Waals surface area contributed by atoms with Crippen LogP contribution in [0.2, 0.25) is 5.02 Å². The highest BCUT2D eigenvalue weighted by molar-refractivity contribution is 6.35. The molecule has 0 unspecified atom stereocenters. The van der Waals surface area contributed by atoms with Crippen LogP contribution in [-0.4, -0.2) is 30.6 Å². The molecule has 0 aliphatic carbocycles. The Balaban J connectivity index is 1.77. The number of nitrogens with zero attached hydrogens (tertiary/aromatic N) is 5. The molecule has 0 saturated carbocycles. The number of anilines is 1. The topological polar surface area (TPSA) is 115 Å². The molecule has 44 heavy (non-hydrogen) atoms. The summed E-state index contributed by atoms with van der Waals surface area (Å²) in [4.78, 5) is 40.4. The quantitative estimate of drug-likeness (QED) is 0.199. The maximum absolute atomic E-state index is 14.2. The molecule has 15 heteroatoms. The fraction of sp³-hybridized carbons (Fsp3) is 0.138. The van der Waals surface area contributed by atoms with Crippen molar-refractivity contribution in [1.82, 2.24) is 18.9 Å². The molecule has 0 atom stereocenters. The Labute approximate surface area is 249 Å². The van der Waals surface area contributed by atoms with Gasteiger partial charge in [-0.1, -0.05) is 11.6 Å². The summed E-state index contributed by atoms with van der Waals surface area (Å²) in [5.41, 5.74) is -3.96. The van der Waals surface area contributed by atoms with E-state index >= 15 is 0 Å². The van der Waals surface area contributed by atoms with Crippen molar-refractivity contribution in [1.29, 1.82) is 5.26 Å². The minimum absolute atomic E-state index is 0.0274. The summed E-state index contributed by atoms with van der Waals surface area (Å²) >= 11 is 6.17. The SMILES string of the molecule is Cn1cc(Cn2c(=O)n(C)c3c(C#N)c(C(=O)c4cc(F)ccc4Cl)c(NC(=O)c4cc(F)cc(C(F)(F)F)c4)cc32)cn1. The number of aromatic nitrogens is 4. The second-order valence-corrected chi connectivity index (χ2v) is 10.1. The summed E-state index contributed by atoms with van der Waals surface area (Å²) in [5, 5.41) is 16.4. The number of benzene rings is 3. The van der Waals surface area contributed by atoms with E-state index in [1.54, 1.807) is 13.2 Å². The first-order valence-electron chi connectivity index (χ1n) is 12.5. The summed E-state index contributed by atoms with van der Waals surface area (Å²) in [5.74, 6) is -4.51. The number of amides is 1. The Bertz CT molecular complexity index is 2110. The number of nitrogens with one attached hydrogen (secondary N) is 1. The lowest BCUT2D eigenvalue weighted by atomic mass is 9.95. The number of rotatable bonds is 6. The number of carbonyl (C=O) groups excluding carboxylic acids is 2. The molecule has 5 aromatic rings. The standard InChI is InChI=1S/C29H18ClF5N6O3/c1-39-12-14(11-37-39)13-41-23-9-22(38-27(43)15-5-16(29(33,34)35)7-18(32)6-15)24(20(10-36)25(23)40(2)28(41)44)26(42)19-8-17(31)3-4-21(19)30/h3-9,11-12H,13H2,1-2H3,(H,38,43). The van der Waals surface area contributed by atoms with Gasteiger partial charge >= 0.3 is 11.9 Å². The van der Waals surface area contributed by atoms with Crippen molar-refractivity contribution in [2.45, 2.75) is 12.7 Å². The van der Waals surface area contributed by atoms with Gasteiger partial charge in [-0.15, -0.1) is 0 Å². The lowest BCUT2D eigenvalue weighted by Gasteiger charge is -2.16. The van der Waals surface area contributed by atoms with Gasteiger partial charge in [0.15, 0.2) is 5.78 Å². The second-order valence-electron chi connectivity index (χ2n) is 9.74. The van der Waals surface area contributed by atoms with Gasteiger partial charge < -0.3 is 5.32 Å². The normalized spacial score (nSPS) is 11.5. The van der Waals surface area contributed by atoms with Gasteiger partial charge in [0.05, 0.1) is 51.2 Å². The highest BCUT2D eigenvalue weighted by atomic mass is 35.5. The number of ketones is 1. The molecule has 3 aromatic carbocycles. The lowest BCUT2D eigenvalue weighted by molar-refractivity contribution is -0.137. The average molecular weight is 629 g/mol. The lowest BCUT2D eigenvalue weighted by Crippen LogP contribution is -2.22. The number of alkyl halides is 3. The zero-order chi connectivity index (χ0) is 32.1. The third kappa shape index (κ3) is 5.45. The highest BCUT2D eigenvalue weighted by Crippen LogP contribution is 2.34. The van der Waals surface area contributed by atoms with Crippen LogP contribution in [0, 0.1) is 23.0 Å². The Hall–Kier alpha value is -5.29. The number of fused-ring (bicyclic) bond motifs is 1. The average Bonchev–Trinajstić information content (AvgIpc) is 3.48. The number of aryl methyl sites for hydroxylation is 2. The van der Waals surface area contributed by atoms with Crippen molar-refractivity contribution >= 4 is 40.0 Å². The van der Waals surface area contributed by atoms with Crippen LogP contribution < -0.4 is 11.0 Å². The van der Waals surface area contributed by atoms with Crippen LogP contribution in [0.25, 0.3) is 11.0 Å². The van der Waals surface area contributed by atoms with Gasteiger partial charge in [-0.2, -0.15) is 23.5 Å². The van der Waals surface area contributed by atoms with Crippen molar-refractivity contribution in [2.24, 2.45) is 14.1 Å². The van der Waals surface area contributed by atoms with E-state index in [0.717, 1.165) is 22.8 Å². The zero-order valence-corrected chi connectivity index (χ0v) is 23.4. The molecule has 2 heterocycles. The number of hydrogen-bond donors (Lipinski definition) is 1. The van der Waals surface area contributed by atoms with Crippen LogP contribution in [-0.2, 0) is 26.8 Å². The molecule has 9 nitrogen and oxygen atoms in total. The summed E-state index contributed by atoms with van der Waals surface area (Å²) in [6.45, 7) is -0.0515. The van der Waals surface area contributed by atoms with E-state index in [1.165, 1.54) is 28.6 Å². The summed E-state index contributed by atoms with van der Waals surface area (Å²) in [6.07, 6.45) is -1.86. The van der Waals surface area contributed by atoms with Gasteiger partial charge in [-0.25, -0.2) is 13.6 Å². The molecule has 0 saturated heterocycles. The highest BCUT2D eigenvalue weighted by Gasteiger charge is 2.33. The van der Waals surface area contributed by atoms with E-state index in [4.69, 9.17) is 11.6 Å². The largest absolute Gasteiger partial charge is 0.416 e. The third-order valence-corrected chi connectivity index (χ3v) is 7.10. The van der Waals surface area contributed by atoms with Crippen molar-refractivity contribution < 1.29 is 31.5 Å². The van der Waals surface area contributed by atoms with E-state index < -0.39 is 68.7 Å². The minimum Gasteiger partial charge on any atom is -0.321 e. The molecular formula is C29H18ClF5N6O3. The Morgan fingerprint density at radius 1 is 1.07 bits per heavy atom. The third-order valence-electron chi connectivity index (χ3n) is 6.77. The van der Waals surface area contributed by atoms with Gasteiger partial charge in [0.2, 0.25) is 0 Å². The number of hydrogen-bond acceptors (Lipinski definition) is 5. The van der Waals surface area contributed by atoms with Crippen LogP contribution in [0.5, 0.6) is 0 Å². The van der Waals surface area contributed by atoms with Crippen LogP contribution in [0.3, 0.4) is 0 Å². The van der Waals surface area contributed by atoms with Gasteiger partial charge in [0.1, 0.15) is 17.7 Å². The molecule has 0 radical (unpaired) electrons. The van der Waals surface area contributed by atoms with Gasteiger partial charge in [-0.05, 0) is 42.5 Å². The first-order valence-corrected chi connectivity index (χ1v) is 12.9. The molecule has 1 amide bonds. The maximum atomic E-state index is 14.2. The first-order chi connectivity index (χ1) is 20.7. The molecule has 2 aromatic heterocycles. The Morgan fingerprint density at radius 3 is 2.43 bits per heavy atom. The minimum atomic E-state index is -4.98. The van der Waals surface area contributed by atoms with E-state index in [1.807, 2.05) is 6.07 Å². The maximum Gasteiger partial charge on any atom is 0.416 e. The summed E-state index contributed by atoms with van der Waals surface area (Å²) in [7, 11) is 3.00. The van der Waals surface area contributed by atoms with E-state index in [-0.39, 0.29) is 28.7 Å². The number of carbonyl (C=O) groups is 2. The molecule has 0 fully saturated rings. The number of halogens is 6.